The van der Waals surface area contributed by atoms with E-state index >= 15 is 0 Å². The lowest BCUT2D eigenvalue weighted by Crippen LogP contribution is -2.48. The van der Waals surface area contributed by atoms with Crippen LogP contribution in [-0.4, -0.2) is 69.8 Å². The second-order valence-electron chi connectivity index (χ2n) is 4.42. The SMILES string of the molecule is CN1CCN(C(=O)Cn2cc(C(=O)O)cn2)CC1.Cl.Cl. The minimum absolute atomic E-state index is 0. The van der Waals surface area contributed by atoms with E-state index in [-0.39, 0.29) is 42.8 Å². The lowest BCUT2D eigenvalue weighted by Gasteiger charge is -2.32. The number of rotatable bonds is 3. The first-order chi connectivity index (χ1) is 8.56. The fourth-order valence-electron chi connectivity index (χ4n) is 1.85. The number of aromatic nitrogens is 2. The fraction of sp³-hybridized carbons (Fsp3) is 0.545. The molecule has 7 nitrogen and oxygen atoms in total. The number of piperazine rings is 1. The summed E-state index contributed by atoms with van der Waals surface area (Å²) in [5.41, 5.74) is 0.0983. The molecule has 2 rings (SSSR count). The third kappa shape index (κ3) is 4.66. The standard InChI is InChI=1S/C11H16N4O3.2ClH/c1-13-2-4-14(5-3-13)10(16)8-15-7-9(6-12-15)11(17)18;;/h6-7H,2-5,8H2,1H3,(H,17,18);2*1H. The fourth-order valence-corrected chi connectivity index (χ4v) is 1.85. The van der Waals surface area contributed by atoms with Crippen LogP contribution in [-0.2, 0) is 11.3 Å². The van der Waals surface area contributed by atoms with E-state index in [1.54, 1.807) is 4.90 Å². The van der Waals surface area contributed by atoms with Gasteiger partial charge in [0.25, 0.3) is 0 Å². The number of amides is 1. The number of carboxylic acid groups (broad SMARTS) is 1. The van der Waals surface area contributed by atoms with Crippen LogP contribution in [0.1, 0.15) is 10.4 Å². The van der Waals surface area contributed by atoms with Crippen molar-refractivity contribution < 1.29 is 14.7 Å². The minimum atomic E-state index is -1.03. The number of carbonyl (C=O) groups is 2. The van der Waals surface area contributed by atoms with Gasteiger partial charge >= 0.3 is 5.97 Å². The van der Waals surface area contributed by atoms with Gasteiger partial charge in [0, 0.05) is 32.4 Å². The summed E-state index contributed by atoms with van der Waals surface area (Å²) in [6, 6.07) is 0. The van der Waals surface area contributed by atoms with Gasteiger partial charge in [0.1, 0.15) is 6.54 Å². The van der Waals surface area contributed by atoms with Crippen LogP contribution >= 0.6 is 24.8 Å². The van der Waals surface area contributed by atoms with Crippen molar-refractivity contribution in [1.82, 2.24) is 19.6 Å². The molecule has 2 heterocycles. The van der Waals surface area contributed by atoms with Gasteiger partial charge in [-0.25, -0.2) is 4.79 Å². The summed E-state index contributed by atoms with van der Waals surface area (Å²) >= 11 is 0. The third-order valence-corrected chi connectivity index (χ3v) is 3.03. The van der Waals surface area contributed by atoms with Gasteiger partial charge in [0.05, 0.1) is 11.8 Å². The van der Waals surface area contributed by atoms with Gasteiger partial charge in [-0.2, -0.15) is 5.10 Å². The van der Waals surface area contributed by atoms with Gasteiger partial charge in [-0.05, 0) is 7.05 Å². The summed E-state index contributed by atoms with van der Waals surface area (Å²) in [5.74, 6) is -1.06. The topological polar surface area (TPSA) is 78.7 Å². The Morgan fingerprint density at radius 3 is 2.35 bits per heavy atom. The van der Waals surface area contributed by atoms with E-state index in [4.69, 9.17) is 5.11 Å². The van der Waals surface area contributed by atoms with Gasteiger partial charge in [0.15, 0.2) is 0 Å². The molecule has 114 valence electrons. The molecule has 0 aromatic carbocycles. The predicted molar refractivity (Wildman–Crippen MR) is 77.8 cm³/mol. The van der Waals surface area contributed by atoms with Crippen molar-refractivity contribution in [3.8, 4) is 0 Å². The molecule has 1 aliphatic heterocycles. The summed E-state index contributed by atoms with van der Waals surface area (Å²) < 4.78 is 1.37. The average molecular weight is 325 g/mol. The molecule has 1 amide bonds. The monoisotopic (exact) mass is 324 g/mol. The van der Waals surface area contributed by atoms with Crippen molar-refractivity contribution in [2.24, 2.45) is 0 Å². The quantitative estimate of drug-likeness (QED) is 0.859. The van der Waals surface area contributed by atoms with E-state index in [9.17, 15) is 9.59 Å². The molecule has 0 unspecified atom stereocenters. The molecule has 20 heavy (non-hydrogen) atoms. The van der Waals surface area contributed by atoms with E-state index in [2.05, 4.69) is 10.00 Å². The summed E-state index contributed by atoms with van der Waals surface area (Å²) in [5, 5.41) is 12.6. The zero-order valence-corrected chi connectivity index (χ0v) is 12.7. The molecule has 1 aromatic heterocycles. The molecule has 0 spiro atoms. The zero-order chi connectivity index (χ0) is 13.1. The molecule has 1 saturated heterocycles. The molecule has 9 heteroatoms. The lowest BCUT2D eigenvalue weighted by molar-refractivity contribution is -0.133. The number of carboxylic acids is 1. The summed E-state index contributed by atoms with van der Waals surface area (Å²) in [4.78, 5) is 26.6. The molecule has 0 saturated carbocycles. The Hall–Kier alpha value is -1.31. The predicted octanol–water partition coefficient (Wildman–Crippen LogP) is 0.199. The highest BCUT2D eigenvalue weighted by atomic mass is 35.5. The lowest BCUT2D eigenvalue weighted by atomic mass is 10.3. The zero-order valence-electron chi connectivity index (χ0n) is 11.1. The molecule has 1 fully saturated rings. The number of hydrogen-bond donors (Lipinski definition) is 1. The Morgan fingerprint density at radius 2 is 1.85 bits per heavy atom. The van der Waals surface area contributed by atoms with Crippen LogP contribution in [0.4, 0.5) is 0 Å². The van der Waals surface area contributed by atoms with Gasteiger partial charge < -0.3 is 14.9 Å². The maximum atomic E-state index is 12.0. The van der Waals surface area contributed by atoms with Crippen molar-refractivity contribution in [3.05, 3.63) is 18.0 Å². The van der Waals surface area contributed by atoms with Crippen LogP contribution in [0.25, 0.3) is 0 Å². The van der Waals surface area contributed by atoms with Crippen LogP contribution in [0.2, 0.25) is 0 Å². The highest BCUT2D eigenvalue weighted by Gasteiger charge is 2.19. The van der Waals surface area contributed by atoms with Gasteiger partial charge in [0.2, 0.25) is 5.91 Å². The third-order valence-electron chi connectivity index (χ3n) is 3.03. The number of halogens is 2. The second-order valence-corrected chi connectivity index (χ2v) is 4.42. The van der Waals surface area contributed by atoms with Crippen LogP contribution in [0.5, 0.6) is 0 Å². The van der Waals surface area contributed by atoms with Gasteiger partial charge in [-0.15, -0.1) is 24.8 Å². The minimum Gasteiger partial charge on any atom is -0.478 e. The Bertz CT molecular complexity index is 458. The van der Waals surface area contributed by atoms with Crippen molar-refractivity contribution in [2.75, 3.05) is 33.2 Å². The Morgan fingerprint density at radius 1 is 1.25 bits per heavy atom. The first kappa shape index (κ1) is 18.7. The van der Waals surface area contributed by atoms with E-state index < -0.39 is 5.97 Å². The Balaban J connectivity index is 0.00000180. The number of nitrogens with zero attached hydrogens (tertiary/aromatic N) is 4. The van der Waals surface area contributed by atoms with Gasteiger partial charge in [-0.3, -0.25) is 9.48 Å². The Kier molecular flexibility index (Phi) is 7.55. The van der Waals surface area contributed by atoms with E-state index in [0.717, 1.165) is 13.1 Å². The second kappa shape index (κ2) is 8.08. The molecular formula is C11H18Cl2N4O3. The van der Waals surface area contributed by atoms with Crippen molar-refractivity contribution in [2.45, 2.75) is 6.54 Å². The van der Waals surface area contributed by atoms with Crippen molar-refractivity contribution in [1.29, 1.82) is 0 Å². The molecule has 1 N–H and O–H groups in total. The van der Waals surface area contributed by atoms with Crippen molar-refractivity contribution >= 4 is 36.7 Å². The average Bonchev–Trinajstić information content (AvgIpc) is 2.78. The van der Waals surface area contributed by atoms with Crippen LogP contribution in [0.3, 0.4) is 0 Å². The first-order valence-corrected chi connectivity index (χ1v) is 5.78. The maximum Gasteiger partial charge on any atom is 0.338 e. The van der Waals surface area contributed by atoms with Crippen LogP contribution in [0, 0.1) is 0 Å². The number of carbonyl (C=O) groups excluding carboxylic acids is 1. The summed E-state index contributed by atoms with van der Waals surface area (Å²) in [6.45, 7) is 3.25. The Labute approximate surface area is 129 Å². The molecule has 1 aliphatic rings. The molecule has 0 atom stereocenters. The molecule has 1 aromatic rings. The molecule has 0 radical (unpaired) electrons. The summed E-state index contributed by atoms with van der Waals surface area (Å²) in [7, 11) is 2.02. The normalized spacial score (nSPS) is 15.2. The number of aromatic carboxylic acids is 1. The largest absolute Gasteiger partial charge is 0.478 e. The van der Waals surface area contributed by atoms with Crippen LogP contribution in [0.15, 0.2) is 12.4 Å². The van der Waals surface area contributed by atoms with E-state index in [1.165, 1.54) is 17.1 Å². The van der Waals surface area contributed by atoms with E-state index in [0.29, 0.717) is 13.1 Å². The first-order valence-electron chi connectivity index (χ1n) is 5.78. The van der Waals surface area contributed by atoms with E-state index in [1.807, 2.05) is 7.05 Å². The highest BCUT2D eigenvalue weighted by molar-refractivity contribution is 5.87. The van der Waals surface area contributed by atoms with Gasteiger partial charge in [-0.1, -0.05) is 0 Å². The maximum absolute atomic E-state index is 12.0. The smallest absolute Gasteiger partial charge is 0.338 e. The van der Waals surface area contributed by atoms with Crippen LogP contribution < -0.4 is 0 Å². The highest BCUT2D eigenvalue weighted by Crippen LogP contribution is 2.02. The van der Waals surface area contributed by atoms with Crippen molar-refractivity contribution in [3.63, 3.8) is 0 Å². The number of hydrogen-bond acceptors (Lipinski definition) is 4. The number of likely N-dealkylation sites (N-methyl/N-ethyl adjacent to an activating group) is 1. The molecular weight excluding hydrogens is 307 g/mol. The molecule has 0 bridgehead atoms. The summed E-state index contributed by atoms with van der Waals surface area (Å²) in [6.07, 6.45) is 2.62. The molecule has 0 aliphatic carbocycles.